The van der Waals surface area contributed by atoms with Crippen LogP contribution >= 0.6 is 0 Å². The molecule has 0 saturated heterocycles. The summed E-state index contributed by atoms with van der Waals surface area (Å²) in [4.78, 5) is 35.1. The van der Waals surface area contributed by atoms with Crippen LogP contribution in [0, 0.1) is 5.92 Å². The van der Waals surface area contributed by atoms with Gasteiger partial charge in [0.1, 0.15) is 6.04 Å². The summed E-state index contributed by atoms with van der Waals surface area (Å²) >= 11 is 0. The van der Waals surface area contributed by atoms with Crippen LogP contribution in [0.1, 0.15) is 34.6 Å². The minimum atomic E-state index is -0.675. The molecule has 0 unspecified atom stereocenters. The lowest BCUT2D eigenvalue weighted by Gasteiger charge is -2.20. The second kappa shape index (κ2) is 7.89. The summed E-state index contributed by atoms with van der Waals surface area (Å²) < 4.78 is 0. The van der Waals surface area contributed by atoms with Crippen LogP contribution in [-0.4, -0.2) is 42.8 Å². The van der Waals surface area contributed by atoms with Crippen LogP contribution < -0.4 is 16.0 Å². The first-order chi connectivity index (χ1) is 8.70. The summed E-state index contributed by atoms with van der Waals surface area (Å²) in [5.41, 5.74) is 0. The van der Waals surface area contributed by atoms with E-state index in [2.05, 4.69) is 16.0 Å². The first kappa shape index (κ1) is 17.6. The summed E-state index contributed by atoms with van der Waals surface area (Å²) in [6.45, 7) is 8.49. The third kappa shape index (κ3) is 5.83. The number of hydrogen-bond acceptors (Lipinski definition) is 4. The summed E-state index contributed by atoms with van der Waals surface area (Å²) in [5.74, 6) is -0.786. The van der Waals surface area contributed by atoms with Crippen molar-refractivity contribution in [3.63, 3.8) is 0 Å². The lowest BCUT2D eigenvalue weighted by Crippen LogP contribution is -2.52. The Balaban J connectivity index is 4.35. The fourth-order valence-corrected chi connectivity index (χ4v) is 1.44. The van der Waals surface area contributed by atoms with E-state index < -0.39 is 12.1 Å². The Labute approximate surface area is 114 Å². The van der Waals surface area contributed by atoms with Crippen molar-refractivity contribution in [3.05, 3.63) is 0 Å². The van der Waals surface area contributed by atoms with Gasteiger partial charge in [-0.2, -0.15) is 0 Å². The first-order valence-corrected chi connectivity index (χ1v) is 6.52. The van der Waals surface area contributed by atoms with Crippen molar-refractivity contribution < 1.29 is 14.4 Å². The van der Waals surface area contributed by atoms with Gasteiger partial charge in [-0.1, -0.05) is 13.8 Å². The number of nitrogens with one attached hydrogen (secondary N) is 3. The maximum absolute atomic E-state index is 11.8. The quantitative estimate of drug-likeness (QED) is 0.600. The maximum Gasteiger partial charge on any atom is 0.242 e. The van der Waals surface area contributed by atoms with Crippen molar-refractivity contribution in [2.24, 2.45) is 5.92 Å². The smallest absolute Gasteiger partial charge is 0.242 e. The molecule has 6 heteroatoms. The number of likely N-dealkylation sites (N-methyl/N-ethyl adjacent to an activating group) is 1. The highest BCUT2D eigenvalue weighted by atomic mass is 16.2. The monoisotopic (exact) mass is 271 g/mol. The predicted octanol–water partition coefficient (Wildman–Crippen LogP) is -0.171. The zero-order chi connectivity index (χ0) is 15.2. The molecule has 3 atom stereocenters. The van der Waals surface area contributed by atoms with E-state index in [0.717, 1.165) is 0 Å². The topological polar surface area (TPSA) is 87.3 Å². The summed E-state index contributed by atoms with van der Waals surface area (Å²) in [6, 6.07) is -1.59. The van der Waals surface area contributed by atoms with E-state index in [-0.39, 0.29) is 29.6 Å². The number of ketones is 1. The SMILES string of the molecule is CN[C@@H](C)C(=O)N[C@@H](C)C(=O)N[C@@H](C)C(=O)C(C)C. The summed E-state index contributed by atoms with van der Waals surface area (Å²) in [7, 11) is 1.67. The van der Waals surface area contributed by atoms with Crippen LogP contribution in [0.25, 0.3) is 0 Å². The fraction of sp³-hybridized carbons (Fsp3) is 0.769. The molecule has 0 aliphatic heterocycles. The molecule has 0 spiro atoms. The van der Waals surface area contributed by atoms with Gasteiger partial charge in [-0.15, -0.1) is 0 Å². The van der Waals surface area contributed by atoms with Gasteiger partial charge in [-0.05, 0) is 27.8 Å². The van der Waals surface area contributed by atoms with Crippen LogP contribution in [-0.2, 0) is 14.4 Å². The predicted molar refractivity (Wildman–Crippen MR) is 73.6 cm³/mol. The molecule has 19 heavy (non-hydrogen) atoms. The number of amides is 2. The second-order valence-electron chi connectivity index (χ2n) is 5.03. The third-order valence-electron chi connectivity index (χ3n) is 2.93. The third-order valence-corrected chi connectivity index (χ3v) is 2.93. The van der Waals surface area contributed by atoms with Crippen molar-refractivity contribution in [1.29, 1.82) is 0 Å². The van der Waals surface area contributed by atoms with E-state index in [4.69, 9.17) is 0 Å². The molecule has 6 nitrogen and oxygen atoms in total. The number of hydrogen-bond donors (Lipinski definition) is 3. The van der Waals surface area contributed by atoms with Gasteiger partial charge in [0.15, 0.2) is 5.78 Å². The van der Waals surface area contributed by atoms with Crippen molar-refractivity contribution in [3.8, 4) is 0 Å². The van der Waals surface area contributed by atoms with Gasteiger partial charge in [-0.25, -0.2) is 0 Å². The van der Waals surface area contributed by atoms with Gasteiger partial charge in [0, 0.05) is 5.92 Å². The Kier molecular flexibility index (Phi) is 7.29. The Morgan fingerprint density at radius 1 is 0.737 bits per heavy atom. The second-order valence-corrected chi connectivity index (χ2v) is 5.03. The fourth-order valence-electron chi connectivity index (χ4n) is 1.44. The lowest BCUT2D eigenvalue weighted by molar-refractivity contribution is -0.132. The molecule has 0 bridgehead atoms. The van der Waals surface area contributed by atoms with Crippen LogP contribution in [0.2, 0.25) is 0 Å². The molecule has 0 fully saturated rings. The first-order valence-electron chi connectivity index (χ1n) is 6.52. The van der Waals surface area contributed by atoms with E-state index in [1.807, 2.05) is 0 Å². The Morgan fingerprint density at radius 3 is 1.58 bits per heavy atom. The highest BCUT2D eigenvalue weighted by Gasteiger charge is 2.23. The zero-order valence-corrected chi connectivity index (χ0v) is 12.5. The number of Topliss-reactive ketones (excluding diaryl/α,β-unsaturated/α-hetero) is 1. The van der Waals surface area contributed by atoms with Crippen LogP contribution in [0.5, 0.6) is 0 Å². The van der Waals surface area contributed by atoms with Gasteiger partial charge in [-0.3, -0.25) is 14.4 Å². The molecule has 2 amide bonds. The van der Waals surface area contributed by atoms with E-state index >= 15 is 0 Å². The molecule has 0 radical (unpaired) electrons. The molecule has 0 aromatic carbocycles. The minimum Gasteiger partial charge on any atom is -0.345 e. The molecule has 0 saturated carbocycles. The van der Waals surface area contributed by atoms with Gasteiger partial charge in [0.2, 0.25) is 11.8 Å². The van der Waals surface area contributed by atoms with E-state index in [9.17, 15) is 14.4 Å². The van der Waals surface area contributed by atoms with Crippen LogP contribution in [0.4, 0.5) is 0 Å². The van der Waals surface area contributed by atoms with Gasteiger partial charge in [0.05, 0.1) is 12.1 Å². The van der Waals surface area contributed by atoms with Crippen molar-refractivity contribution >= 4 is 17.6 Å². The molecule has 110 valence electrons. The maximum atomic E-state index is 11.8. The Morgan fingerprint density at radius 2 is 1.16 bits per heavy atom. The van der Waals surface area contributed by atoms with E-state index in [1.54, 1.807) is 41.7 Å². The van der Waals surface area contributed by atoms with Gasteiger partial charge >= 0.3 is 0 Å². The molecule has 3 N–H and O–H groups in total. The van der Waals surface area contributed by atoms with Gasteiger partial charge in [0.25, 0.3) is 0 Å². The minimum absolute atomic E-state index is 0.0320. The molecular formula is C13H25N3O3. The summed E-state index contributed by atoms with van der Waals surface area (Å²) in [5, 5.41) is 7.96. The lowest BCUT2D eigenvalue weighted by atomic mass is 10.0. The average molecular weight is 271 g/mol. The molecule has 0 aromatic heterocycles. The van der Waals surface area contributed by atoms with Crippen molar-refractivity contribution in [1.82, 2.24) is 16.0 Å². The molecule has 0 heterocycles. The average Bonchev–Trinajstić information content (AvgIpc) is 2.35. The van der Waals surface area contributed by atoms with E-state index in [1.165, 1.54) is 0 Å². The van der Waals surface area contributed by atoms with Crippen LogP contribution in [0.3, 0.4) is 0 Å². The standard InChI is InChI=1S/C13H25N3O3/c1-7(2)11(17)8(3)15-13(19)10(5)16-12(18)9(4)14-6/h7-10,14H,1-6H3,(H,15,19)(H,16,18)/t8-,9-,10-/m0/s1. The molecule has 0 aliphatic carbocycles. The van der Waals surface area contributed by atoms with Crippen LogP contribution in [0.15, 0.2) is 0 Å². The largest absolute Gasteiger partial charge is 0.345 e. The molecule has 0 rings (SSSR count). The van der Waals surface area contributed by atoms with Gasteiger partial charge < -0.3 is 16.0 Å². The summed E-state index contributed by atoms with van der Waals surface area (Å²) in [6.07, 6.45) is 0. The normalized spacial score (nSPS) is 15.5. The molecule has 0 aliphatic rings. The highest BCUT2D eigenvalue weighted by molar-refractivity contribution is 5.93. The van der Waals surface area contributed by atoms with E-state index in [0.29, 0.717) is 0 Å². The number of rotatable bonds is 7. The number of carbonyl (C=O) groups excluding carboxylic acids is 3. The van der Waals surface area contributed by atoms with Crippen molar-refractivity contribution in [2.75, 3.05) is 7.05 Å². The van der Waals surface area contributed by atoms with Crippen molar-refractivity contribution in [2.45, 2.75) is 52.7 Å². The molecular weight excluding hydrogens is 246 g/mol. The molecule has 0 aromatic rings. The zero-order valence-electron chi connectivity index (χ0n) is 12.5. The number of carbonyl (C=O) groups is 3. The Bertz CT molecular complexity index is 342. The Hall–Kier alpha value is -1.43. The highest BCUT2D eigenvalue weighted by Crippen LogP contribution is 1.99.